The number of nitrogens with zero attached hydrogens (tertiary/aromatic N) is 1. The average Bonchev–Trinajstić information content (AvgIpc) is 3.23. The normalized spacial score (nSPS) is 11.9. The molecular formula is C21H17NO5. The SMILES string of the molecule is O=C(c1ccccc1)C(C(=O)c1ccccc1)[C@@H](C[N+](=O)[O-])c1ccco1. The van der Waals surface area contributed by atoms with E-state index in [0.29, 0.717) is 11.1 Å². The van der Waals surface area contributed by atoms with Gasteiger partial charge in [-0.15, -0.1) is 0 Å². The van der Waals surface area contributed by atoms with Gasteiger partial charge in [0.05, 0.1) is 12.2 Å². The van der Waals surface area contributed by atoms with Gasteiger partial charge in [-0.05, 0) is 12.1 Å². The summed E-state index contributed by atoms with van der Waals surface area (Å²) in [4.78, 5) is 37.1. The Morgan fingerprint density at radius 3 is 1.78 bits per heavy atom. The van der Waals surface area contributed by atoms with E-state index in [9.17, 15) is 19.7 Å². The van der Waals surface area contributed by atoms with Gasteiger partial charge >= 0.3 is 0 Å². The molecule has 0 fully saturated rings. The number of hydrogen-bond acceptors (Lipinski definition) is 5. The van der Waals surface area contributed by atoms with E-state index in [1.54, 1.807) is 72.8 Å². The summed E-state index contributed by atoms with van der Waals surface area (Å²) in [6, 6.07) is 19.8. The van der Waals surface area contributed by atoms with Crippen LogP contribution in [-0.2, 0) is 0 Å². The van der Waals surface area contributed by atoms with Crippen LogP contribution in [0.4, 0.5) is 0 Å². The molecule has 0 aliphatic rings. The monoisotopic (exact) mass is 363 g/mol. The summed E-state index contributed by atoms with van der Waals surface area (Å²) in [5.74, 6) is -2.95. The fourth-order valence-corrected chi connectivity index (χ4v) is 3.07. The van der Waals surface area contributed by atoms with Gasteiger partial charge in [-0.2, -0.15) is 0 Å². The number of benzene rings is 2. The van der Waals surface area contributed by atoms with Gasteiger partial charge in [-0.25, -0.2) is 0 Å². The number of furan rings is 1. The van der Waals surface area contributed by atoms with Crippen molar-refractivity contribution in [3.8, 4) is 0 Å². The summed E-state index contributed by atoms with van der Waals surface area (Å²) in [6.07, 6.45) is 1.37. The van der Waals surface area contributed by atoms with Crippen LogP contribution in [0.1, 0.15) is 32.4 Å². The lowest BCUT2D eigenvalue weighted by Crippen LogP contribution is -2.34. The Morgan fingerprint density at radius 1 is 0.852 bits per heavy atom. The Hall–Kier alpha value is -3.54. The van der Waals surface area contributed by atoms with Crippen LogP contribution in [0.2, 0.25) is 0 Å². The molecule has 1 heterocycles. The summed E-state index contributed by atoms with van der Waals surface area (Å²) in [7, 11) is 0. The van der Waals surface area contributed by atoms with Crippen molar-refractivity contribution in [2.45, 2.75) is 5.92 Å². The summed E-state index contributed by atoms with van der Waals surface area (Å²) in [5, 5.41) is 11.3. The van der Waals surface area contributed by atoms with E-state index in [1.807, 2.05) is 0 Å². The van der Waals surface area contributed by atoms with Crippen LogP contribution < -0.4 is 0 Å². The lowest BCUT2D eigenvalue weighted by Gasteiger charge is -2.21. The number of nitro groups is 1. The maximum absolute atomic E-state index is 13.2. The first-order valence-corrected chi connectivity index (χ1v) is 8.41. The van der Waals surface area contributed by atoms with Gasteiger partial charge in [-0.3, -0.25) is 19.7 Å². The summed E-state index contributed by atoms with van der Waals surface area (Å²) in [6.45, 7) is -0.588. The molecule has 0 bridgehead atoms. The Bertz CT molecular complexity index is 868. The predicted octanol–water partition coefficient (Wildman–Crippen LogP) is 4.02. The lowest BCUT2D eigenvalue weighted by molar-refractivity contribution is -0.484. The Morgan fingerprint density at radius 2 is 1.37 bits per heavy atom. The van der Waals surface area contributed by atoms with Crippen molar-refractivity contribution in [3.63, 3.8) is 0 Å². The van der Waals surface area contributed by atoms with Gasteiger partial charge in [0.1, 0.15) is 11.7 Å². The summed E-state index contributed by atoms with van der Waals surface area (Å²) >= 11 is 0. The van der Waals surface area contributed by atoms with E-state index in [1.165, 1.54) is 6.26 Å². The molecule has 0 aliphatic carbocycles. The largest absolute Gasteiger partial charge is 0.469 e. The second-order valence-electron chi connectivity index (χ2n) is 6.08. The minimum absolute atomic E-state index is 0.241. The van der Waals surface area contributed by atoms with Crippen LogP contribution >= 0.6 is 0 Å². The summed E-state index contributed by atoms with van der Waals surface area (Å²) in [5.41, 5.74) is 0.651. The fraction of sp³-hybridized carbons (Fsp3) is 0.143. The molecule has 1 aromatic heterocycles. The highest BCUT2D eigenvalue weighted by molar-refractivity contribution is 6.16. The number of hydrogen-bond donors (Lipinski definition) is 0. The van der Waals surface area contributed by atoms with E-state index < -0.39 is 34.9 Å². The maximum atomic E-state index is 13.2. The predicted molar refractivity (Wildman–Crippen MR) is 98.3 cm³/mol. The topological polar surface area (TPSA) is 90.4 Å². The number of carbonyl (C=O) groups excluding carboxylic acids is 2. The quantitative estimate of drug-likeness (QED) is 0.261. The van der Waals surface area contributed by atoms with E-state index in [2.05, 4.69) is 0 Å². The molecule has 136 valence electrons. The Kier molecular flexibility index (Phi) is 5.56. The number of ketones is 2. The second-order valence-corrected chi connectivity index (χ2v) is 6.08. The van der Waals surface area contributed by atoms with Crippen molar-refractivity contribution in [3.05, 3.63) is 106 Å². The number of carbonyl (C=O) groups is 2. The maximum Gasteiger partial charge on any atom is 0.214 e. The fourth-order valence-electron chi connectivity index (χ4n) is 3.07. The Balaban J connectivity index is 2.09. The highest BCUT2D eigenvalue weighted by atomic mass is 16.6. The molecule has 0 radical (unpaired) electrons. The molecule has 0 unspecified atom stereocenters. The van der Waals surface area contributed by atoms with Crippen LogP contribution in [0.25, 0.3) is 0 Å². The molecule has 0 amide bonds. The summed E-state index contributed by atoms with van der Waals surface area (Å²) < 4.78 is 5.34. The van der Waals surface area contributed by atoms with Crippen LogP contribution in [0.15, 0.2) is 83.5 Å². The molecule has 0 saturated carbocycles. The highest BCUT2D eigenvalue weighted by Crippen LogP contribution is 2.31. The smallest absolute Gasteiger partial charge is 0.214 e. The second kappa shape index (κ2) is 8.23. The zero-order chi connectivity index (χ0) is 19.2. The minimum Gasteiger partial charge on any atom is -0.469 e. The standard InChI is InChI=1S/C21H17NO5/c23-20(15-8-3-1-4-9-15)19(21(24)16-10-5-2-6-11-16)17(14-22(25)26)18-12-7-13-27-18/h1-13,17,19H,14H2/t17-/m0/s1. The zero-order valence-electron chi connectivity index (χ0n) is 14.4. The van der Waals surface area contributed by atoms with Gasteiger partial charge in [-0.1, -0.05) is 60.7 Å². The van der Waals surface area contributed by atoms with Gasteiger partial charge < -0.3 is 4.42 Å². The lowest BCUT2D eigenvalue weighted by atomic mass is 9.79. The molecule has 0 saturated heterocycles. The molecular weight excluding hydrogens is 346 g/mol. The first-order chi connectivity index (χ1) is 13.1. The first-order valence-electron chi connectivity index (χ1n) is 8.41. The van der Waals surface area contributed by atoms with Crippen LogP contribution in [0, 0.1) is 16.0 Å². The van der Waals surface area contributed by atoms with Crippen molar-refractivity contribution in [1.82, 2.24) is 0 Å². The highest BCUT2D eigenvalue weighted by Gasteiger charge is 2.41. The van der Waals surface area contributed by atoms with Gasteiger partial charge in [0.2, 0.25) is 6.54 Å². The molecule has 27 heavy (non-hydrogen) atoms. The molecule has 3 rings (SSSR count). The van der Waals surface area contributed by atoms with Crippen molar-refractivity contribution >= 4 is 11.6 Å². The van der Waals surface area contributed by atoms with Gasteiger partial charge in [0.25, 0.3) is 0 Å². The van der Waals surface area contributed by atoms with E-state index in [4.69, 9.17) is 4.42 Å². The third-order valence-corrected chi connectivity index (χ3v) is 4.34. The van der Waals surface area contributed by atoms with E-state index in [-0.39, 0.29) is 5.76 Å². The molecule has 1 atom stereocenters. The van der Waals surface area contributed by atoms with Crippen molar-refractivity contribution < 1.29 is 18.9 Å². The number of rotatable bonds is 8. The molecule has 6 nitrogen and oxygen atoms in total. The molecule has 6 heteroatoms. The minimum atomic E-state index is -1.26. The molecule has 2 aromatic carbocycles. The third-order valence-electron chi connectivity index (χ3n) is 4.34. The van der Waals surface area contributed by atoms with Gasteiger partial charge in [0.15, 0.2) is 11.6 Å². The third kappa shape index (κ3) is 4.17. The van der Waals surface area contributed by atoms with Gasteiger partial charge in [0, 0.05) is 16.1 Å². The van der Waals surface area contributed by atoms with Crippen LogP contribution in [0.3, 0.4) is 0 Å². The molecule has 0 spiro atoms. The number of Topliss-reactive ketones (excluding diaryl/α,β-unsaturated/α-hetero) is 2. The Labute approximate surface area is 155 Å². The average molecular weight is 363 g/mol. The molecule has 3 aromatic rings. The van der Waals surface area contributed by atoms with Crippen LogP contribution in [-0.4, -0.2) is 23.0 Å². The van der Waals surface area contributed by atoms with Crippen LogP contribution in [0.5, 0.6) is 0 Å². The van der Waals surface area contributed by atoms with Crippen molar-refractivity contribution in [2.24, 2.45) is 5.92 Å². The zero-order valence-corrected chi connectivity index (χ0v) is 14.4. The molecule has 0 aliphatic heterocycles. The molecule has 0 N–H and O–H groups in total. The van der Waals surface area contributed by atoms with E-state index >= 15 is 0 Å². The first kappa shape index (κ1) is 18.3. The van der Waals surface area contributed by atoms with Crippen molar-refractivity contribution in [1.29, 1.82) is 0 Å². The van der Waals surface area contributed by atoms with Crippen molar-refractivity contribution in [2.75, 3.05) is 6.54 Å². The van der Waals surface area contributed by atoms with E-state index in [0.717, 1.165) is 0 Å².